The van der Waals surface area contributed by atoms with Crippen molar-refractivity contribution in [2.75, 3.05) is 30.4 Å². The number of β-lactam (4-membered cyclic amide) rings is 1. The summed E-state index contributed by atoms with van der Waals surface area (Å²) in [6.07, 6.45) is 3.89. The Morgan fingerprint density at radius 1 is 1.04 bits per heavy atom. The number of aliphatic carboxylic acids is 1. The summed E-state index contributed by atoms with van der Waals surface area (Å²) in [5, 5.41) is 24.9. The van der Waals surface area contributed by atoms with Crippen LogP contribution in [0.15, 0.2) is 66.7 Å². The third-order valence-electron chi connectivity index (χ3n) is 9.41. The Morgan fingerprint density at radius 2 is 1.78 bits per heavy atom. The van der Waals surface area contributed by atoms with Crippen LogP contribution in [-0.4, -0.2) is 70.7 Å². The van der Waals surface area contributed by atoms with Gasteiger partial charge in [0.15, 0.2) is 6.61 Å². The number of hydrogen-bond donors (Lipinski definition) is 4. The largest absolute Gasteiger partial charge is 0.493 e. The molecule has 0 aromatic heterocycles. The van der Waals surface area contributed by atoms with Crippen LogP contribution in [0.1, 0.15) is 68.7 Å². The van der Waals surface area contributed by atoms with Crippen molar-refractivity contribution in [2.45, 2.75) is 68.4 Å². The first-order valence-corrected chi connectivity index (χ1v) is 18.2. The van der Waals surface area contributed by atoms with E-state index in [1.807, 2.05) is 18.2 Å². The molecule has 1 saturated carbocycles. The number of thioether (sulfide) groups is 1. The van der Waals surface area contributed by atoms with E-state index in [2.05, 4.69) is 10.6 Å². The standard InChI is InChI=1S/C38H42FN3O8S/c39-27-9-11-28(12-10-27)42-35(36(37(42)46)51-22-31(43)25-8-15-32-26(19-25)16-17-49-32)24-6-13-29(14-7-24)50-21-34(45)40-20-33(44)41-30(38(47)48)18-23-4-2-1-3-5-23/h6-15,19,23,30-31,35-36,43H,1-5,16-18,20-22H2,(H,40,45)(H,41,44)(H,47,48)/t30-,31?,35+,36+/m0/s1/i23D. The summed E-state index contributed by atoms with van der Waals surface area (Å²) >= 11 is 1.35. The maximum Gasteiger partial charge on any atom is 0.326 e. The van der Waals surface area contributed by atoms with E-state index in [0.717, 1.165) is 48.1 Å². The zero-order chi connectivity index (χ0) is 36.8. The van der Waals surface area contributed by atoms with Crippen molar-refractivity contribution in [3.63, 3.8) is 0 Å². The summed E-state index contributed by atoms with van der Waals surface area (Å²) in [5.41, 5.74) is 3.11. The van der Waals surface area contributed by atoms with Crippen LogP contribution < -0.4 is 25.0 Å². The molecule has 6 rings (SSSR count). The van der Waals surface area contributed by atoms with Crippen LogP contribution in [0.25, 0.3) is 0 Å². The normalized spacial score (nSPS) is 20.5. The van der Waals surface area contributed by atoms with Gasteiger partial charge in [0.05, 0.1) is 25.3 Å². The highest BCUT2D eigenvalue weighted by molar-refractivity contribution is 8.00. The molecule has 4 atom stereocenters. The molecule has 1 saturated heterocycles. The van der Waals surface area contributed by atoms with Gasteiger partial charge in [-0.25, -0.2) is 9.18 Å². The lowest BCUT2D eigenvalue weighted by Gasteiger charge is -2.47. The average Bonchev–Trinajstić information content (AvgIpc) is 3.61. The first-order valence-electron chi connectivity index (χ1n) is 17.7. The highest BCUT2D eigenvalue weighted by atomic mass is 32.2. The number of carboxylic acid groups (broad SMARTS) is 1. The summed E-state index contributed by atoms with van der Waals surface area (Å²) in [7, 11) is 0. The Morgan fingerprint density at radius 3 is 2.51 bits per heavy atom. The van der Waals surface area contributed by atoms with Crippen LogP contribution >= 0.6 is 11.8 Å². The lowest BCUT2D eigenvalue weighted by atomic mass is 9.85. The van der Waals surface area contributed by atoms with Gasteiger partial charge < -0.3 is 35.2 Å². The SMILES string of the molecule is [2H]C1(C[C@H](NC(=O)CNC(=O)COc2ccc([C@@H]3[C@@H](SCC(O)c4ccc5c(c4)CCO5)C(=O)N3c3ccc(F)cc3)cc2)C(=O)O)CCCCC1. The molecule has 3 aliphatic rings. The summed E-state index contributed by atoms with van der Waals surface area (Å²) in [5.74, 6) is -2.50. The molecule has 2 aliphatic heterocycles. The molecule has 13 heteroatoms. The molecular formula is C38H42FN3O8S. The number of nitrogens with zero attached hydrogens (tertiary/aromatic N) is 1. The fourth-order valence-electron chi connectivity index (χ4n) is 6.67. The Balaban J connectivity index is 1.03. The Bertz CT molecular complexity index is 1770. The lowest BCUT2D eigenvalue weighted by Crippen LogP contribution is -2.57. The number of fused-ring (bicyclic) bond motifs is 1. The number of carboxylic acids is 1. The number of amides is 3. The molecule has 3 amide bonds. The van der Waals surface area contributed by atoms with Crippen LogP contribution in [0.5, 0.6) is 11.5 Å². The van der Waals surface area contributed by atoms with Crippen molar-refractivity contribution < 1.29 is 44.6 Å². The highest BCUT2D eigenvalue weighted by Gasteiger charge is 2.49. The molecule has 0 spiro atoms. The second kappa shape index (κ2) is 16.6. The molecule has 1 unspecified atom stereocenters. The minimum absolute atomic E-state index is 0.00449. The van der Waals surface area contributed by atoms with E-state index in [4.69, 9.17) is 10.8 Å². The van der Waals surface area contributed by atoms with Crippen LogP contribution in [0.2, 0.25) is 0 Å². The molecule has 3 aromatic carbocycles. The van der Waals surface area contributed by atoms with E-state index >= 15 is 0 Å². The van der Waals surface area contributed by atoms with Crippen LogP contribution in [0.3, 0.4) is 0 Å². The predicted octanol–water partition coefficient (Wildman–Crippen LogP) is 4.72. The van der Waals surface area contributed by atoms with Crippen LogP contribution in [-0.2, 0) is 25.6 Å². The molecule has 1 aliphatic carbocycles. The van der Waals surface area contributed by atoms with Crippen molar-refractivity contribution in [3.8, 4) is 11.5 Å². The fourth-order valence-corrected chi connectivity index (χ4v) is 7.97. The second-order valence-electron chi connectivity index (χ2n) is 13.0. The summed E-state index contributed by atoms with van der Waals surface area (Å²) in [6, 6.07) is 16.5. The van der Waals surface area contributed by atoms with E-state index in [9.17, 15) is 33.8 Å². The summed E-state index contributed by atoms with van der Waals surface area (Å²) in [4.78, 5) is 51.7. The Kier molecular flexibility index (Phi) is 11.3. The number of benzene rings is 3. The lowest BCUT2D eigenvalue weighted by molar-refractivity contribution is -0.142. The van der Waals surface area contributed by atoms with Gasteiger partial charge in [-0.05, 0) is 77.5 Å². The number of aliphatic hydroxyl groups is 1. The molecule has 11 nitrogen and oxygen atoms in total. The van der Waals surface area contributed by atoms with E-state index in [1.165, 1.54) is 23.9 Å². The molecule has 270 valence electrons. The van der Waals surface area contributed by atoms with Crippen molar-refractivity contribution in [1.29, 1.82) is 0 Å². The maximum atomic E-state index is 13.7. The van der Waals surface area contributed by atoms with Gasteiger partial charge in [0.2, 0.25) is 11.8 Å². The number of ether oxygens (including phenoxy) is 2. The van der Waals surface area contributed by atoms with Gasteiger partial charge >= 0.3 is 5.97 Å². The number of aliphatic hydroxyl groups excluding tert-OH is 1. The monoisotopic (exact) mass is 720 g/mol. The van der Waals surface area contributed by atoms with Gasteiger partial charge in [0.25, 0.3) is 5.91 Å². The van der Waals surface area contributed by atoms with E-state index in [1.54, 1.807) is 41.3 Å². The van der Waals surface area contributed by atoms with Gasteiger partial charge in [-0.1, -0.05) is 50.3 Å². The minimum Gasteiger partial charge on any atom is -0.493 e. The minimum atomic E-state index is -1.22. The second-order valence-corrected chi connectivity index (χ2v) is 14.1. The predicted molar refractivity (Wildman–Crippen MR) is 189 cm³/mol. The zero-order valence-corrected chi connectivity index (χ0v) is 28.8. The first kappa shape index (κ1) is 34.8. The molecule has 0 bridgehead atoms. The average molecular weight is 721 g/mol. The zero-order valence-electron chi connectivity index (χ0n) is 29.0. The number of carbonyl (C=O) groups is 4. The molecule has 51 heavy (non-hydrogen) atoms. The third-order valence-corrected chi connectivity index (χ3v) is 10.7. The number of halogens is 1. The topological polar surface area (TPSA) is 154 Å². The summed E-state index contributed by atoms with van der Waals surface area (Å²) in [6.45, 7) is -0.235. The van der Waals surface area contributed by atoms with Gasteiger partial charge in [0.1, 0.15) is 28.6 Å². The molecule has 4 N–H and O–H groups in total. The van der Waals surface area contributed by atoms with Crippen LogP contribution in [0, 0.1) is 11.7 Å². The number of anilines is 1. The van der Waals surface area contributed by atoms with Crippen molar-refractivity contribution in [3.05, 3.63) is 89.2 Å². The Hall–Kier alpha value is -4.62. The van der Waals surface area contributed by atoms with Gasteiger partial charge in [-0.3, -0.25) is 14.4 Å². The maximum absolute atomic E-state index is 13.7. The van der Waals surface area contributed by atoms with Crippen molar-refractivity contribution >= 4 is 41.1 Å². The Labute approximate surface area is 301 Å². The third kappa shape index (κ3) is 9.01. The van der Waals surface area contributed by atoms with Gasteiger partial charge in [0, 0.05) is 19.2 Å². The fraction of sp³-hybridized carbons (Fsp3) is 0.421. The molecule has 3 aromatic rings. The molecular weight excluding hydrogens is 677 g/mol. The number of hydrogen-bond acceptors (Lipinski definition) is 8. The van der Waals surface area contributed by atoms with Gasteiger partial charge in [-0.2, -0.15) is 0 Å². The first-order chi connectivity index (χ1) is 25.0. The van der Waals surface area contributed by atoms with Gasteiger partial charge in [-0.15, -0.1) is 11.8 Å². The van der Waals surface area contributed by atoms with Crippen molar-refractivity contribution in [2.24, 2.45) is 5.89 Å². The number of carbonyl (C=O) groups excluding carboxylic acids is 3. The highest BCUT2D eigenvalue weighted by Crippen LogP contribution is 2.46. The number of nitrogens with one attached hydrogen (secondary N) is 2. The molecule has 0 radical (unpaired) electrons. The summed E-state index contributed by atoms with van der Waals surface area (Å²) < 4.78 is 33.5. The number of rotatable bonds is 15. The molecule has 2 heterocycles. The molecule has 2 fully saturated rings. The van der Waals surface area contributed by atoms with Crippen molar-refractivity contribution in [1.82, 2.24) is 10.6 Å². The smallest absolute Gasteiger partial charge is 0.326 e. The van der Waals surface area contributed by atoms with E-state index < -0.39 is 66.1 Å². The van der Waals surface area contributed by atoms with E-state index in [-0.39, 0.29) is 18.1 Å². The van der Waals surface area contributed by atoms with E-state index in [0.29, 0.717) is 30.9 Å². The van der Waals surface area contributed by atoms with Crippen LogP contribution in [0.4, 0.5) is 10.1 Å². The quantitative estimate of drug-likeness (QED) is 0.163.